The zero-order chi connectivity index (χ0) is 97.1. The van der Waals surface area contributed by atoms with Crippen molar-refractivity contribution in [2.45, 2.75) is 120 Å². The molecule has 9 aromatic carbocycles. The molecule has 43 heteroatoms. The zero-order valence-corrected chi connectivity index (χ0v) is 70.2. The Balaban J connectivity index is 1.03. The molecule has 0 spiro atoms. The van der Waals surface area contributed by atoms with Gasteiger partial charge in [0.15, 0.2) is 0 Å². The largest absolute Gasteiger partial charge is 0.508 e. The van der Waals surface area contributed by atoms with Gasteiger partial charge in [-0.1, -0.05) is 76.2 Å². The number of amides is 12. The third-order valence-electron chi connectivity index (χ3n) is 20.1. The molecule has 0 saturated heterocycles. The molecule has 43 nitrogen and oxygen atoms in total. The van der Waals surface area contributed by atoms with Gasteiger partial charge in [0.2, 0.25) is 70.9 Å². The van der Waals surface area contributed by atoms with Crippen LogP contribution >= 0.6 is 0 Å². The summed E-state index contributed by atoms with van der Waals surface area (Å²) < 4.78 is 0. The molecule has 0 aliphatic rings. The summed E-state index contributed by atoms with van der Waals surface area (Å²) >= 11 is 0. The van der Waals surface area contributed by atoms with E-state index in [1.54, 1.807) is 0 Å². The molecule has 694 valence electrons. The molecular formula is C89H93N13O30. The highest BCUT2D eigenvalue weighted by Gasteiger charge is 2.42. The van der Waals surface area contributed by atoms with E-state index in [0.717, 1.165) is 171 Å². The van der Waals surface area contributed by atoms with E-state index >= 15 is 28.8 Å². The molecule has 0 aromatic heterocycles. The number of phenols is 14. The number of nitrogens with one attached hydrogen (secondary N) is 12. The topological polar surface area (TPSA) is 733 Å². The Morgan fingerprint density at radius 2 is 0.424 bits per heavy atom. The van der Waals surface area contributed by atoms with Crippen molar-refractivity contribution in [1.29, 1.82) is 0 Å². The van der Waals surface area contributed by atoms with Crippen LogP contribution < -0.4 is 69.5 Å². The Bertz CT molecular complexity index is 5740. The number of aliphatic carboxylic acids is 2. The lowest BCUT2D eigenvalue weighted by Crippen LogP contribution is -2.56. The second-order valence-corrected chi connectivity index (χ2v) is 31.0. The molecule has 0 heterocycles. The average Bonchev–Trinajstić information content (AvgIpc) is 0.811. The molecule has 9 aromatic rings. The lowest BCUT2D eigenvalue weighted by atomic mass is 9.97. The van der Waals surface area contributed by atoms with E-state index in [1.807, 2.05) is 5.32 Å². The van der Waals surface area contributed by atoms with E-state index in [0.29, 0.717) is 0 Å². The van der Waals surface area contributed by atoms with Crippen LogP contribution in [0.4, 0.5) is 0 Å². The van der Waals surface area contributed by atoms with Crippen molar-refractivity contribution >= 4 is 82.8 Å². The molecule has 0 aliphatic carbocycles. The van der Waals surface area contributed by atoms with Crippen molar-refractivity contribution in [1.82, 2.24) is 63.8 Å². The highest BCUT2D eigenvalue weighted by atomic mass is 16.4. The van der Waals surface area contributed by atoms with Crippen molar-refractivity contribution in [3.63, 3.8) is 0 Å². The number of carbonyl (C=O) groups is 14. The number of aromatic hydroxyl groups is 14. The number of carboxylic acid groups (broad SMARTS) is 2. The summed E-state index contributed by atoms with van der Waals surface area (Å²) in [6.45, 7) is 6.65. The molecule has 30 N–H and O–H groups in total. The van der Waals surface area contributed by atoms with Crippen molar-refractivity contribution in [2.24, 2.45) is 17.6 Å². The monoisotopic (exact) mass is 1820 g/mol. The lowest BCUT2D eigenvalue weighted by molar-refractivity contribution is -0.147. The zero-order valence-electron chi connectivity index (χ0n) is 70.2. The number of carbonyl (C=O) groups excluding carboxylic acids is 12. The van der Waals surface area contributed by atoms with Crippen LogP contribution in [0.25, 0.3) is 0 Å². The van der Waals surface area contributed by atoms with E-state index < -0.39 is 271 Å². The number of phenolic OH excluding ortho intramolecular Hbond substituents is 14. The average molecular weight is 1820 g/mol. The summed E-state index contributed by atoms with van der Waals surface area (Å²) in [6.07, 6.45) is -1.09. The van der Waals surface area contributed by atoms with Crippen molar-refractivity contribution < 1.29 is 149 Å². The van der Waals surface area contributed by atoms with Gasteiger partial charge < -0.3 is 151 Å². The lowest BCUT2D eigenvalue weighted by Gasteiger charge is -2.30. The van der Waals surface area contributed by atoms with Crippen LogP contribution in [0.5, 0.6) is 80.5 Å². The first-order chi connectivity index (χ1) is 62.2. The highest BCUT2D eigenvalue weighted by Crippen LogP contribution is 2.35. The summed E-state index contributed by atoms with van der Waals surface area (Å²) in [5, 5.41) is 197. The van der Waals surface area contributed by atoms with Crippen LogP contribution in [0.2, 0.25) is 0 Å². The molecule has 132 heavy (non-hydrogen) atoms. The fraction of sp³-hybridized carbons (Fsp3) is 0.236. The minimum absolute atomic E-state index is 0.136. The van der Waals surface area contributed by atoms with Gasteiger partial charge >= 0.3 is 11.9 Å². The summed E-state index contributed by atoms with van der Waals surface area (Å²) in [5.74, 6) is -29.6. The maximum atomic E-state index is 15.6. The highest BCUT2D eigenvalue weighted by molar-refractivity contribution is 6.02. The first kappa shape index (κ1) is 98.5. The van der Waals surface area contributed by atoms with Crippen LogP contribution in [0.3, 0.4) is 0 Å². The minimum atomic E-state index is -2.30. The van der Waals surface area contributed by atoms with Crippen molar-refractivity contribution in [2.75, 3.05) is 0 Å². The molecule has 0 radical (unpaired) electrons. The first-order valence-electron chi connectivity index (χ1n) is 39.8. The van der Waals surface area contributed by atoms with Crippen molar-refractivity contribution in [3.8, 4) is 80.5 Å². The quantitative estimate of drug-likeness (QED) is 0.0264. The van der Waals surface area contributed by atoms with Gasteiger partial charge in [-0.15, -0.1) is 0 Å². The van der Waals surface area contributed by atoms with Crippen LogP contribution in [0, 0.1) is 11.8 Å². The van der Waals surface area contributed by atoms with E-state index in [9.17, 15) is 120 Å². The number of rotatable bonds is 38. The fourth-order valence-electron chi connectivity index (χ4n) is 13.6. The number of benzene rings is 9. The van der Waals surface area contributed by atoms with Gasteiger partial charge in [-0.05, 0) is 178 Å². The van der Waals surface area contributed by atoms with E-state index in [1.165, 1.54) is 52.0 Å². The molecule has 12 amide bonds. The van der Waals surface area contributed by atoms with Crippen LogP contribution in [-0.2, 0) is 67.1 Å². The van der Waals surface area contributed by atoms with Crippen LogP contribution in [0.1, 0.15) is 145 Å². The Morgan fingerprint density at radius 1 is 0.227 bits per heavy atom. The van der Waals surface area contributed by atoms with Gasteiger partial charge in [0.25, 0.3) is 0 Å². The predicted octanol–water partition coefficient (Wildman–Crippen LogP) is 2.26. The Labute approximate surface area is 748 Å². The molecule has 9 rings (SSSR count). The molecule has 13 atom stereocenters. The maximum absolute atomic E-state index is 15.6. The number of hydrogen-bond acceptors (Lipinski definition) is 29. The maximum Gasteiger partial charge on any atom is 0.326 e. The Hall–Kier alpha value is -17.3. The number of hydrogen-bond donors (Lipinski definition) is 29. The minimum Gasteiger partial charge on any atom is -0.508 e. The second kappa shape index (κ2) is 43.3. The van der Waals surface area contributed by atoms with E-state index in [2.05, 4.69) is 58.5 Å². The summed E-state index contributed by atoms with van der Waals surface area (Å²) in [5.41, 5.74) is 3.65. The molecule has 0 saturated carbocycles. The summed E-state index contributed by atoms with van der Waals surface area (Å²) in [4.78, 5) is 202. The second-order valence-electron chi connectivity index (χ2n) is 31.0. The van der Waals surface area contributed by atoms with Gasteiger partial charge in [0, 0.05) is 30.3 Å². The third kappa shape index (κ3) is 26.4. The van der Waals surface area contributed by atoms with E-state index in [4.69, 9.17) is 5.73 Å². The van der Waals surface area contributed by atoms with Gasteiger partial charge in [-0.3, -0.25) is 62.3 Å². The number of nitrogens with two attached hydrogens (primary N) is 1. The van der Waals surface area contributed by atoms with Crippen LogP contribution in [0.15, 0.2) is 188 Å². The van der Waals surface area contributed by atoms with Gasteiger partial charge in [0.1, 0.15) is 159 Å². The van der Waals surface area contributed by atoms with Crippen LogP contribution in [-0.4, -0.2) is 189 Å². The van der Waals surface area contributed by atoms with E-state index in [-0.39, 0.29) is 39.3 Å². The molecule has 0 bridgehead atoms. The Kier molecular flexibility index (Phi) is 32.3. The first-order valence-corrected chi connectivity index (χ1v) is 39.8. The van der Waals surface area contributed by atoms with Gasteiger partial charge in [0.05, 0.1) is 6.42 Å². The third-order valence-corrected chi connectivity index (χ3v) is 20.1. The standard InChI is InChI=1S/C89H93N13O30/c1-38(2)67(93-84(126)72(45-22-54(107)32-55(108)23-45)95-78(120)66(90)41-6-14-50(103)15-7-41)79(121)100-75(48-28-60(113)35-61(114)29-48)87(129)97-71(44-12-20-53(106)21-13-44)83(125)102-76(49-30-62(115)36-63(116)31-49)88(130)98-70(43-10-18-52(105)19-11-43)82(124)101-73(46-24-56(109)33-57(110)25-46)85(127)94-68(39(3)4)80(122)99-74(47-26-58(111)34-59(112)27-47)86(128)96-69(42-8-16-51(104)17-9-42)81(123)91-40(5)77(119)92-64(89(131)132)37-65(117)118/h6-36,38-40,64,66-76,103-116H,37,90H2,1-5H3,(H,91,123)(H,92,119)(H,93,126)(H,94,127)(H,95,120)(H,96,128)(H,97,129)(H,98,130)(H,99,122)(H,100,121)(H,101,124)(H,102,125)(H,117,118)(H,131,132)/t40-,64-,66+,67-,68-,69-,70-,71-,72+,73+,74+,75+,76+/m0/s1. The van der Waals surface area contributed by atoms with Crippen molar-refractivity contribution in [3.05, 3.63) is 238 Å². The normalized spacial score (nSPS) is 14.1. The molecule has 0 unspecified atom stereocenters. The fourth-order valence-corrected chi connectivity index (χ4v) is 13.6. The van der Waals surface area contributed by atoms with Gasteiger partial charge in [-0.25, -0.2) is 4.79 Å². The summed E-state index contributed by atoms with van der Waals surface area (Å²) in [7, 11) is 0. The molecule has 0 aliphatic heterocycles. The smallest absolute Gasteiger partial charge is 0.326 e. The number of carboxylic acids is 2. The van der Waals surface area contributed by atoms with Gasteiger partial charge in [-0.2, -0.15) is 0 Å². The molecular weight excluding hydrogens is 1730 g/mol. The predicted molar refractivity (Wildman–Crippen MR) is 458 cm³/mol. The summed E-state index contributed by atoms with van der Waals surface area (Å²) in [6, 6.07) is 5.32. The SMILES string of the molecule is CC(C)[C@H](NC(=O)[C@H](NC(=O)[C@@H](NC(=O)[C@H](NC(=O)[C@@H](NC(=O)[C@H](NC(=O)[C@@H](NC(=O)[C@H](NC(=O)[C@H](N)c1ccc(O)cc1)c1cc(O)cc(O)c1)C(C)C)c1cc(O)cc(O)c1)c1ccc(O)cc1)c1cc(O)cc(O)c1)c1ccc(O)cc1)c1cc(O)cc(O)c1)C(=O)N[C@@H](C(=O)N[C@H](C(=O)N[C@@H](C)C(=O)N[C@@H](CC(=O)O)C(=O)O)c1ccc(O)cc1)c1cc(O)cc(O)c1. The molecule has 0 fully saturated rings. The Morgan fingerprint density at radius 3 is 0.644 bits per heavy atom.